The highest BCUT2D eigenvalue weighted by Gasteiger charge is 2.33. The lowest BCUT2D eigenvalue weighted by atomic mass is 10.1. The summed E-state index contributed by atoms with van der Waals surface area (Å²) in [7, 11) is 0. The Hall–Kier alpha value is -3.69. The summed E-state index contributed by atoms with van der Waals surface area (Å²) in [5, 5.41) is 14.7. The van der Waals surface area contributed by atoms with Crippen molar-refractivity contribution >= 4 is 52.3 Å². The highest BCUT2D eigenvalue weighted by molar-refractivity contribution is 7.80. The maximum Gasteiger partial charge on any atom is 0.312 e. The number of nitro groups is 1. The largest absolute Gasteiger partial charge is 0.479 e. The van der Waals surface area contributed by atoms with Gasteiger partial charge in [-0.05, 0) is 54.5 Å². The van der Waals surface area contributed by atoms with E-state index in [1.807, 2.05) is 31.2 Å². The zero-order chi connectivity index (χ0) is 23.5. The van der Waals surface area contributed by atoms with Gasteiger partial charge in [0.2, 0.25) is 0 Å². The fourth-order valence-corrected chi connectivity index (χ4v) is 3.84. The average Bonchev–Trinajstić information content (AvgIpc) is 3.36. The van der Waals surface area contributed by atoms with E-state index in [9.17, 15) is 14.9 Å². The number of ether oxygens (including phenoxy) is 1. The SMILES string of the molecule is CCc1ccccc1N1C(=O)/C(=C\c2ccc(COc3ccc(Cl)cc3[N+](=O)[O-])o2)NC1=S. The number of benzene rings is 2. The minimum Gasteiger partial charge on any atom is -0.479 e. The van der Waals surface area contributed by atoms with Crippen LogP contribution in [-0.2, 0) is 17.8 Å². The number of nitrogens with zero attached hydrogens (tertiary/aromatic N) is 2. The van der Waals surface area contributed by atoms with E-state index >= 15 is 0 Å². The molecule has 3 aromatic rings. The molecular formula is C23H18ClN3O5S. The van der Waals surface area contributed by atoms with Gasteiger partial charge < -0.3 is 14.5 Å². The number of hydrogen-bond donors (Lipinski definition) is 1. The molecule has 1 amide bonds. The predicted molar refractivity (Wildman–Crippen MR) is 128 cm³/mol. The zero-order valence-electron chi connectivity index (χ0n) is 17.4. The summed E-state index contributed by atoms with van der Waals surface area (Å²) < 4.78 is 11.2. The second-order valence-corrected chi connectivity index (χ2v) is 7.90. The third-order valence-corrected chi connectivity index (χ3v) is 5.47. The molecule has 0 spiro atoms. The van der Waals surface area contributed by atoms with Crippen LogP contribution < -0.4 is 15.0 Å². The highest BCUT2D eigenvalue weighted by Crippen LogP contribution is 2.31. The Bertz CT molecular complexity index is 1290. The van der Waals surface area contributed by atoms with Crippen molar-refractivity contribution in [1.29, 1.82) is 0 Å². The Morgan fingerprint density at radius 1 is 1.24 bits per heavy atom. The van der Waals surface area contributed by atoms with Crippen LogP contribution >= 0.6 is 23.8 Å². The van der Waals surface area contributed by atoms with Crippen LogP contribution in [0.1, 0.15) is 24.0 Å². The molecule has 2 heterocycles. The summed E-state index contributed by atoms with van der Waals surface area (Å²) >= 11 is 11.2. The summed E-state index contributed by atoms with van der Waals surface area (Å²) in [4.78, 5) is 25.1. The minimum atomic E-state index is -0.568. The lowest BCUT2D eigenvalue weighted by Crippen LogP contribution is -2.31. The number of hydrogen-bond acceptors (Lipinski definition) is 6. The van der Waals surface area contributed by atoms with Gasteiger partial charge in [0, 0.05) is 17.2 Å². The Kier molecular flexibility index (Phi) is 6.43. The van der Waals surface area contributed by atoms with E-state index in [4.69, 9.17) is 33.0 Å². The molecule has 0 bridgehead atoms. The second-order valence-electron chi connectivity index (χ2n) is 7.07. The number of amides is 1. The van der Waals surface area contributed by atoms with Crippen LogP contribution in [0.25, 0.3) is 6.08 Å². The fraction of sp³-hybridized carbons (Fsp3) is 0.130. The van der Waals surface area contributed by atoms with E-state index < -0.39 is 4.92 Å². The van der Waals surface area contributed by atoms with Crippen LogP contribution in [0.2, 0.25) is 5.02 Å². The van der Waals surface area contributed by atoms with E-state index in [0.29, 0.717) is 11.5 Å². The molecule has 168 valence electrons. The number of carbonyl (C=O) groups excluding carboxylic acids is 1. The molecule has 4 rings (SSSR count). The molecule has 2 aromatic carbocycles. The first-order chi connectivity index (χ1) is 15.9. The summed E-state index contributed by atoms with van der Waals surface area (Å²) in [6, 6.07) is 15.1. The number of thiocarbonyl (C=S) groups is 1. The van der Waals surface area contributed by atoms with Gasteiger partial charge in [-0.15, -0.1) is 0 Å². The van der Waals surface area contributed by atoms with E-state index in [1.165, 1.54) is 23.1 Å². The Morgan fingerprint density at radius 2 is 2.03 bits per heavy atom. The molecule has 0 aliphatic carbocycles. The Morgan fingerprint density at radius 3 is 2.79 bits per heavy atom. The first kappa shape index (κ1) is 22.5. The van der Waals surface area contributed by atoms with Crippen molar-refractivity contribution in [2.75, 3.05) is 4.90 Å². The average molecular weight is 484 g/mol. The van der Waals surface area contributed by atoms with Crippen LogP contribution in [0.4, 0.5) is 11.4 Å². The van der Waals surface area contributed by atoms with Gasteiger partial charge in [0.15, 0.2) is 10.9 Å². The molecule has 1 N–H and O–H groups in total. The molecule has 0 radical (unpaired) electrons. The summed E-state index contributed by atoms with van der Waals surface area (Å²) in [6.45, 7) is 1.97. The van der Waals surface area contributed by atoms with Crippen molar-refractivity contribution in [3.8, 4) is 5.75 Å². The first-order valence-electron chi connectivity index (χ1n) is 9.98. The van der Waals surface area contributed by atoms with Crippen LogP contribution in [0.15, 0.2) is 64.7 Å². The quantitative estimate of drug-likeness (QED) is 0.212. The molecule has 1 aliphatic rings. The molecule has 0 saturated carbocycles. The van der Waals surface area contributed by atoms with E-state index in [2.05, 4.69) is 5.32 Å². The van der Waals surface area contributed by atoms with Crippen molar-refractivity contribution in [2.45, 2.75) is 20.0 Å². The zero-order valence-corrected chi connectivity index (χ0v) is 19.0. The maximum atomic E-state index is 13.0. The number of nitrogens with one attached hydrogen (secondary N) is 1. The second kappa shape index (κ2) is 9.43. The van der Waals surface area contributed by atoms with Crippen LogP contribution in [-0.4, -0.2) is 15.9 Å². The molecular weight excluding hydrogens is 466 g/mol. The number of anilines is 1. The molecule has 10 heteroatoms. The van der Waals surface area contributed by atoms with Crippen LogP contribution in [0.5, 0.6) is 5.75 Å². The molecule has 1 fully saturated rings. The summed E-state index contributed by atoms with van der Waals surface area (Å²) in [5.74, 6) is 0.617. The highest BCUT2D eigenvalue weighted by atomic mass is 35.5. The topological polar surface area (TPSA) is 97.9 Å². The summed E-state index contributed by atoms with van der Waals surface area (Å²) in [5.41, 5.74) is 1.79. The smallest absolute Gasteiger partial charge is 0.312 e. The van der Waals surface area contributed by atoms with Crippen molar-refractivity contribution in [1.82, 2.24) is 5.32 Å². The Labute approximate surface area is 199 Å². The van der Waals surface area contributed by atoms with Gasteiger partial charge >= 0.3 is 5.69 Å². The maximum absolute atomic E-state index is 13.0. The lowest BCUT2D eigenvalue weighted by Gasteiger charge is -2.17. The number of aryl methyl sites for hydroxylation is 1. The monoisotopic (exact) mass is 483 g/mol. The number of carbonyl (C=O) groups is 1. The Balaban J connectivity index is 1.49. The number of furan rings is 1. The third kappa shape index (κ3) is 4.74. The lowest BCUT2D eigenvalue weighted by molar-refractivity contribution is -0.385. The molecule has 0 atom stereocenters. The van der Waals surface area contributed by atoms with Crippen molar-refractivity contribution in [2.24, 2.45) is 0 Å². The van der Waals surface area contributed by atoms with Gasteiger partial charge in [-0.1, -0.05) is 36.7 Å². The minimum absolute atomic E-state index is 0.0402. The van der Waals surface area contributed by atoms with Gasteiger partial charge in [0.25, 0.3) is 5.91 Å². The first-order valence-corrected chi connectivity index (χ1v) is 10.8. The summed E-state index contributed by atoms with van der Waals surface area (Å²) in [6.07, 6.45) is 2.31. The van der Waals surface area contributed by atoms with Crippen molar-refractivity contribution in [3.63, 3.8) is 0 Å². The van der Waals surface area contributed by atoms with Crippen LogP contribution in [0.3, 0.4) is 0 Å². The van der Waals surface area contributed by atoms with Crippen molar-refractivity contribution in [3.05, 3.63) is 92.5 Å². The van der Waals surface area contributed by atoms with Gasteiger partial charge in [-0.2, -0.15) is 0 Å². The predicted octanol–water partition coefficient (Wildman–Crippen LogP) is 5.24. The van der Waals surface area contributed by atoms with E-state index in [0.717, 1.165) is 17.7 Å². The van der Waals surface area contributed by atoms with Gasteiger partial charge in [-0.25, -0.2) is 0 Å². The molecule has 8 nitrogen and oxygen atoms in total. The fourth-order valence-electron chi connectivity index (χ4n) is 3.38. The third-order valence-electron chi connectivity index (χ3n) is 4.95. The van der Waals surface area contributed by atoms with Crippen LogP contribution in [0, 0.1) is 10.1 Å². The molecule has 33 heavy (non-hydrogen) atoms. The van der Waals surface area contributed by atoms with Gasteiger partial charge in [0.1, 0.15) is 23.8 Å². The number of halogens is 1. The van der Waals surface area contributed by atoms with E-state index in [1.54, 1.807) is 18.2 Å². The van der Waals surface area contributed by atoms with E-state index in [-0.39, 0.29) is 39.8 Å². The molecule has 0 unspecified atom stereocenters. The number of para-hydroxylation sites is 1. The number of nitro benzene ring substituents is 1. The molecule has 1 aliphatic heterocycles. The van der Waals surface area contributed by atoms with Gasteiger partial charge in [-0.3, -0.25) is 19.8 Å². The van der Waals surface area contributed by atoms with Gasteiger partial charge in [0.05, 0.1) is 10.6 Å². The normalized spacial score (nSPS) is 14.6. The number of rotatable bonds is 7. The molecule has 1 saturated heterocycles. The standard InChI is InChI=1S/C23H18ClN3O5S/c1-2-14-5-3-4-6-19(14)26-22(28)18(25-23(26)33)12-16-8-9-17(32-16)13-31-21-10-7-15(24)11-20(21)27(29)30/h3-12H,2,13H2,1H3,(H,25,33)/b18-12+. The molecule has 1 aromatic heterocycles. The van der Waals surface area contributed by atoms with Crippen molar-refractivity contribution < 1.29 is 18.9 Å².